The van der Waals surface area contributed by atoms with Crippen LogP contribution in [0.15, 0.2) is 0 Å². The van der Waals surface area contributed by atoms with Crippen molar-refractivity contribution in [3.8, 4) is 0 Å². The van der Waals surface area contributed by atoms with E-state index >= 15 is 0 Å². The minimum atomic E-state index is 0.365. The molecule has 0 aromatic rings. The first-order valence-corrected chi connectivity index (χ1v) is 5.29. The molecular weight excluding hydrogens is 144 g/mol. The number of ether oxygens (including phenoxy) is 1. The van der Waals surface area contributed by atoms with Gasteiger partial charge < -0.3 is 4.74 Å². The molecule has 0 atom stereocenters. The van der Waals surface area contributed by atoms with Crippen LogP contribution in [0.2, 0.25) is 0 Å². The Bertz CT molecular complexity index is 110. The molecule has 1 saturated carbocycles. The Balaban J connectivity index is 1.92. The molecule has 1 spiro atoms. The zero-order valence-electron chi connectivity index (χ0n) is 6.27. The maximum absolute atomic E-state index is 5.81. The summed E-state index contributed by atoms with van der Waals surface area (Å²) in [5.41, 5.74) is 0.365. The molecule has 0 bridgehead atoms. The minimum absolute atomic E-state index is 0.365. The monoisotopic (exact) mass is 158 g/mol. The molecule has 1 saturated heterocycles. The normalized spacial score (nSPS) is 31.2. The van der Waals surface area contributed by atoms with Gasteiger partial charge in [-0.05, 0) is 31.4 Å². The summed E-state index contributed by atoms with van der Waals surface area (Å²) in [6, 6.07) is 0. The summed E-state index contributed by atoms with van der Waals surface area (Å²) in [6.07, 6.45) is 5.35. The van der Waals surface area contributed by atoms with Gasteiger partial charge in [0.25, 0.3) is 0 Å². The lowest BCUT2D eigenvalue weighted by atomic mass is 9.78. The Kier molecular flexibility index (Phi) is 1.92. The fourth-order valence-electron chi connectivity index (χ4n) is 1.71. The van der Waals surface area contributed by atoms with Crippen LogP contribution < -0.4 is 0 Å². The third-order valence-corrected chi connectivity index (χ3v) is 3.55. The van der Waals surface area contributed by atoms with E-state index in [9.17, 15) is 0 Å². The average molecular weight is 158 g/mol. The molecule has 2 heteroatoms. The minimum Gasteiger partial charge on any atom is -0.374 e. The predicted octanol–water partition coefficient (Wildman–Crippen LogP) is 2.06. The summed E-state index contributed by atoms with van der Waals surface area (Å²) in [5.74, 6) is 2.53. The Morgan fingerprint density at radius 3 is 2.70 bits per heavy atom. The SMILES string of the molecule is C1CC2(C1)CCSCCO2. The van der Waals surface area contributed by atoms with E-state index in [-0.39, 0.29) is 0 Å². The van der Waals surface area contributed by atoms with Crippen molar-refractivity contribution in [2.75, 3.05) is 18.1 Å². The molecule has 0 aromatic carbocycles. The number of hydrogen-bond acceptors (Lipinski definition) is 2. The molecule has 0 unspecified atom stereocenters. The quantitative estimate of drug-likeness (QED) is 0.533. The Labute approximate surface area is 66.5 Å². The molecular formula is C8H14OS. The lowest BCUT2D eigenvalue weighted by molar-refractivity contribution is -0.0927. The van der Waals surface area contributed by atoms with Crippen LogP contribution >= 0.6 is 11.8 Å². The summed E-state index contributed by atoms with van der Waals surface area (Å²) in [5, 5.41) is 0. The molecule has 0 radical (unpaired) electrons. The molecule has 2 aliphatic rings. The fraction of sp³-hybridized carbons (Fsp3) is 1.00. The molecule has 10 heavy (non-hydrogen) atoms. The highest BCUT2D eigenvalue weighted by atomic mass is 32.2. The van der Waals surface area contributed by atoms with E-state index in [0.717, 1.165) is 6.61 Å². The van der Waals surface area contributed by atoms with Gasteiger partial charge in [0, 0.05) is 5.75 Å². The molecule has 0 aromatic heterocycles. The maximum Gasteiger partial charge on any atom is 0.0690 e. The first kappa shape index (κ1) is 6.99. The van der Waals surface area contributed by atoms with E-state index < -0.39 is 0 Å². The third-order valence-electron chi connectivity index (χ3n) is 2.60. The lowest BCUT2D eigenvalue weighted by Gasteiger charge is -2.40. The van der Waals surface area contributed by atoms with Gasteiger partial charge in [-0.1, -0.05) is 0 Å². The zero-order valence-corrected chi connectivity index (χ0v) is 7.08. The van der Waals surface area contributed by atoms with Crippen molar-refractivity contribution >= 4 is 11.8 Å². The number of rotatable bonds is 0. The van der Waals surface area contributed by atoms with Crippen molar-refractivity contribution in [1.29, 1.82) is 0 Å². The van der Waals surface area contributed by atoms with Crippen molar-refractivity contribution < 1.29 is 4.74 Å². The Morgan fingerprint density at radius 2 is 2.00 bits per heavy atom. The van der Waals surface area contributed by atoms with Gasteiger partial charge in [0.15, 0.2) is 0 Å². The highest BCUT2D eigenvalue weighted by Crippen LogP contribution is 2.40. The van der Waals surface area contributed by atoms with Crippen LogP contribution in [-0.2, 0) is 4.74 Å². The molecule has 2 rings (SSSR count). The number of hydrogen-bond donors (Lipinski definition) is 0. The van der Waals surface area contributed by atoms with Gasteiger partial charge in [-0.25, -0.2) is 0 Å². The number of thioether (sulfide) groups is 1. The van der Waals surface area contributed by atoms with Crippen LogP contribution in [-0.4, -0.2) is 23.7 Å². The largest absolute Gasteiger partial charge is 0.374 e. The van der Waals surface area contributed by atoms with Crippen LogP contribution in [0.4, 0.5) is 0 Å². The predicted molar refractivity (Wildman–Crippen MR) is 44.5 cm³/mol. The van der Waals surface area contributed by atoms with Crippen LogP contribution in [0.1, 0.15) is 25.7 Å². The molecule has 1 heterocycles. The first-order chi connectivity index (χ1) is 4.91. The fourth-order valence-corrected chi connectivity index (χ4v) is 2.64. The van der Waals surface area contributed by atoms with Crippen LogP contribution in [0.3, 0.4) is 0 Å². The van der Waals surface area contributed by atoms with Gasteiger partial charge in [-0.3, -0.25) is 0 Å². The van der Waals surface area contributed by atoms with Crippen molar-refractivity contribution in [3.63, 3.8) is 0 Å². The second-order valence-electron chi connectivity index (χ2n) is 3.25. The summed E-state index contributed by atoms with van der Waals surface area (Å²) >= 11 is 2.04. The van der Waals surface area contributed by atoms with Crippen molar-refractivity contribution in [2.24, 2.45) is 0 Å². The first-order valence-electron chi connectivity index (χ1n) is 4.13. The maximum atomic E-state index is 5.81. The second kappa shape index (κ2) is 2.74. The van der Waals surface area contributed by atoms with E-state index in [1.54, 1.807) is 0 Å². The zero-order chi connectivity index (χ0) is 6.86. The van der Waals surface area contributed by atoms with E-state index in [4.69, 9.17) is 4.74 Å². The van der Waals surface area contributed by atoms with Gasteiger partial charge in [-0.2, -0.15) is 11.8 Å². The van der Waals surface area contributed by atoms with E-state index in [1.807, 2.05) is 11.8 Å². The molecule has 1 nitrogen and oxygen atoms in total. The standard InChI is InChI=1S/C8H14OS/c1-2-8(3-1)4-6-10-7-5-9-8/h1-7H2. The van der Waals surface area contributed by atoms with Gasteiger partial charge in [0.05, 0.1) is 12.2 Å². The Morgan fingerprint density at radius 1 is 1.10 bits per heavy atom. The van der Waals surface area contributed by atoms with E-state index in [0.29, 0.717) is 5.60 Å². The average Bonchev–Trinajstić information content (AvgIpc) is 2.08. The summed E-state index contributed by atoms with van der Waals surface area (Å²) in [7, 11) is 0. The highest BCUT2D eigenvalue weighted by molar-refractivity contribution is 7.99. The van der Waals surface area contributed by atoms with Gasteiger partial charge in [0.2, 0.25) is 0 Å². The molecule has 58 valence electrons. The van der Waals surface area contributed by atoms with Gasteiger partial charge in [0.1, 0.15) is 0 Å². The topological polar surface area (TPSA) is 9.23 Å². The van der Waals surface area contributed by atoms with Crippen LogP contribution in [0.25, 0.3) is 0 Å². The summed E-state index contributed by atoms with van der Waals surface area (Å²) < 4.78 is 5.81. The van der Waals surface area contributed by atoms with Crippen molar-refractivity contribution in [2.45, 2.75) is 31.3 Å². The molecule has 2 fully saturated rings. The van der Waals surface area contributed by atoms with Crippen molar-refractivity contribution in [1.82, 2.24) is 0 Å². The lowest BCUT2D eigenvalue weighted by Crippen LogP contribution is -2.40. The second-order valence-corrected chi connectivity index (χ2v) is 4.47. The molecule has 0 N–H and O–H groups in total. The smallest absolute Gasteiger partial charge is 0.0690 e. The molecule has 0 amide bonds. The van der Waals surface area contributed by atoms with Crippen molar-refractivity contribution in [3.05, 3.63) is 0 Å². The van der Waals surface area contributed by atoms with Gasteiger partial charge >= 0.3 is 0 Å². The third kappa shape index (κ3) is 1.19. The summed E-state index contributed by atoms with van der Waals surface area (Å²) in [4.78, 5) is 0. The highest BCUT2D eigenvalue weighted by Gasteiger charge is 2.38. The van der Waals surface area contributed by atoms with Gasteiger partial charge in [-0.15, -0.1) is 0 Å². The molecule has 1 aliphatic heterocycles. The van der Waals surface area contributed by atoms with Crippen LogP contribution in [0, 0.1) is 0 Å². The van der Waals surface area contributed by atoms with E-state index in [1.165, 1.54) is 37.2 Å². The summed E-state index contributed by atoms with van der Waals surface area (Å²) in [6.45, 7) is 0.991. The molecule has 1 aliphatic carbocycles. The van der Waals surface area contributed by atoms with E-state index in [2.05, 4.69) is 0 Å². The Hall–Kier alpha value is 0.310. The van der Waals surface area contributed by atoms with Crippen LogP contribution in [0.5, 0.6) is 0 Å².